The smallest absolute Gasteiger partial charge is 0.174 e. The zero-order valence-corrected chi connectivity index (χ0v) is 12.6. The largest absolute Gasteiger partial charge is 0.392 e. The van der Waals surface area contributed by atoms with Crippen LogP contribution < -0.4 is 5.32 Å². The van der Waals surface area contributed by atoms with E-state index < -0.39 is 23.3 Å². The Kier molecular flexibility index (Phi) is 2.71. The molecule has 8 atom stereocenters. The van der Waals surface area contributed by atoms with Gasteiger partial charge in [-0.15, -0.1) is 0 Å². The predicted octanol–water partition coefficient (Wildman–Crippen LogP) is 0.758. The van der Waals surface area contributed by atoms with Gasteiger partial charge in [-0.05, 0) is 31.6 Å². The van der Waals surface area contributed by atoms with Crippen LogP contribution in [-0.2, 0) is 4.74 Å². The van der Waals surface area contributed by atoms with Crippen LogP contribution in [0.5, 0.6) is 0 Å². The van der Waals surface area contributed by atoms with E-state index in [4.69, 9.17) is 4.74 Å². The summed E-state index contributed by atoms with van der Waals surface area (Å²) in [6, 6.07) is 0. The number of aliphatic hydroxyl groups is 2. The molecule has 0 radical (unpaired) electrons. The van der Waals surface area contributed by atoms with Gasteiger partial charge >= 0.3 is 0 Å². The second-order valence-corrected chi connectivity index (χ2v) is 7.74. The van der Waals surface area contributed by atoms with Crippen LogP contribution in [0, 0.1) is 22.2 Å². The average Bonchev–Trinajstić information content (AvgIpc) is 3.16. The van der Waals surface area contributed by atoms with Gasteiger partial charge in [-0.25, -0.2) is 0 Å². The maximum atomic E-state index is 11.8. The summed E-state index contributed by atoms with van der Waals surface area (Å²) in [5.74, 6) is 0.260. The van der Waals surface area contributed by atoms with Gasteiger partial charge in [0.2, 0.25) is 0 Å². The molecule has 21 heavy (non-hydrogen) atoms. The molecule has 4 rings (SSSR count). The highest BCUT2D eigenvalue weighted by Crippen LogP contribution is 2.64. The fourth-order valence-electron chi connectivity index (χ4n) is 5.65. The van der Waals surface area contributed by atoms with E-state index in [1.54, 1.807) is 0 Å². The van der Waals surface area contributed by atoms with Crippen LogP contribution in [0.3, 0.4) is 0 Å². The van der Waals surface area contributed by atoms with E-state index in [0.29, 0.717) is 12.8 Å². The number of ether oxygens (including phenoxy) is 1. The fourth-order valence-corrected chi connectivity index (χ4v) is 5.65. The SMILES string of the molecule is C[C@H]1CC[C@@H]2[C@@H](OC(O)[C@]23CN3)[C@]2(C)C(O)CC[C@]12N=O. The Morgan fingerprint density at radius 1 is 1.29 bits per heavy atom. The number of nitroso groups, excluding NO2 is 1. The van der Waals surface area contributed by atoms with Gasteiger partial charge in [-0.2, -0.15) is 4.91 Å². The van der Waals surface area contributed by atoms with Crippen LogP contribution in [0.4, 0.5) is 0 Å². The van der Waals surface area contributed by atoms with Crippen LogP contribution in [0.15, 0.2) is 5.18 Å². The minimum atomic E-state index is -0.852. The van der Waals surface area contributed by atoms with Crippen molar-refractivity contribution in [1.82, 2.24) is 5.32 Å². The van der Waals surface area contributed by atoms with Crippen LogP contribution in [0.1, 0.15) is 39.5 Å². The highest BCUT2D eigenvalue weighted by atomic mass is 16.6. The summed E-state index contributed by atoms with van der Waals surface area (Å²) < 4.78 is 5.92. The lowest BCUT2D eigenvalue weighted by atomic mass is 9.62. The molecular weight excluding hydrogens is 272 g/mol. The topological polar surface area (TPSA) is 101 Å². The summed E-state index contributed by atoms with van der Waals surface area (Å²) in [4.78, 5) is 11.8. The Morgan fingerprint density at radius 3 is 2.62 bits per heavy atom. The third-order valence-electron chi connectivity index (χ3n) is 7.23. The monoisotopic (exact) mass is 296 g/mol. The third kappa shape index (κ3) is 1.38. The van der Waals surface area contributed by atoms with Crippen LogP contribution in [0.25, 0.3) is 0 Å². The number of nitrogens with one attached hydrogen (secondary N) is 1. The van der Waals surface area contributed by atoms with E-state index in [1.807, 2.05) is 6.92 Å². The Bertz CT molecular complexity index is 482. The fraction of sp³-hybridized carbons (Fsp3) is 1.00. The highest BCUT2D eigenvalue weighted by Gasteiger charge is 2.74. The van der Waals surface area contributed by atoms with Crippen molar-refractivity contribution in [1.29, 1.82) is 0 Å². The summed E-state index contributed by atoms with van der Waals surface area (Å²) in [5, 5.41) is 27.8. The minimum absolute atomic E-state index is 0.124. The molecule has 1 spiro atoms. The lowest BCUT2D eigenvalue weighted by molar-refractivity contribution is -0.164. The number of nitrogens with zero attached hydrogens (tertiary/aromatic N) is 1. The van der Waals surface area contributed by atoms with Crippen molar-refractivity contribution in [3.8, 4) is 0 Å². The Morgan fingerprint density at radius 2 is 2.00 bits per heavy atom. The molecule has 3 N–H and O–H groups in total. The molecule has 6 nitrogen and oxygen atoms in total. The first kappa shape index (κ1) is 14.1. The lowest BCUT2D eigenvalue weighted by Gasteiger charge is -2.46. The first-order valence-corrected chi connectivity index (χ1v) is 8.03. The molecule has 118 valence electrons. The average molecular weight is 296 g/mol. The van der Waals surface area contributed by atoms with Gasteiger partial charge in [0.05, 0.1) is 17.7 Å². The zero-order valence-electron chi connectivity index (χ0n) is 12.6. The Hall–Kier alpha value is -0.560. The molecule has 6 heteroatoms. The minimum Gasteiger partial charge on any atom is -0.392 e. The second-order valence-electron chi connectivity index (χ2n) is 7.74. The molecule has 2 heterocycles. The van der Waals surface area contributed by atoms with Crippen molar-refractivity contribution in [3.05, 3.63) is 4.91 Å². The number of rotatable bonds is 1. The molecule has 2 saturated heterocycles. The Balaban J connectivity index is 1.84. The molecular formula is C15H24N2O4. The maximum absolute atomic E-state index is 11.8. The maximum Gasteiger partial charge on any atom is 0.174 e. The molecule has 2 saturated carbocycles. The molecule has 0 amide bonds. The number of hydrogen-bond donors (Lipinski definition) is 3. The van der Waals surface area contributed by atoms with Crippen molar-refractivity contribution in [3.63, 3.8) is 0 Å². The molecule has 0 bridgehead atoms. The summed E-state index contributed by atoms with van der Waals surface area (Å²) in [6.45, 7) is 4.76. The van der Waals surface area contributed by atoms with E-state index in [0.717, 1.165) is 19.4 Å². The van der Waals surface area contributed by atoms with E-state index >= 15 is 0 Å². The standard InChI is InChI=1S/C15H24N2O4/c1-8-3-4-9-11(21-12(19)14(9)7-16-14)13(2)10(18)5-6-15(8,13)17-20/h8-12,16,18-19H,3-7H2,1-2H3/t8-,9+,10?,11+,12?,13-,14-,15-/m0/s1. The van der Waals surface area contributed by atoms with Crippen LogP contribution in [0.2, 0.25) is 0 Å². The van der Waals surface area contributed by atoms with Crippen LogP contribution in [-0.4, -0.2) is 46.3 Å². The predicted molar refractivity (Wildman–Crippen MR) is 75.4 cm³/mol. The third-order valence-corrected chi connectivity index (χ3v) is 7.23. The number of fused-ring (bicyclic) bond motifs is 4. The molecule has 2 aliphatic heterocycles. The lowest BCUT2D eigenvalue weighted by Crippen LogP contribution is -2.56. The van der Waals surface area contributed by atoms with Gasteiger partial charge in [-0.1, -0.05) is 19.0 Å². The Labute approximate surface area is 124 Å². The summed E-state index contributed by atoms with van der Waals surface area (Å²) >= 11 is 0. The summed E-state index contributed by atoms with van der Waals surface area (Å²) in [7, 11) is 0. The van der Waals surface area contributed by atoms with Crippen molar-refractivity contribution in [2.24, 2.45) is 22.4 Å². The van der Waals surface area contributed by atoms with Gasteiger partial charge in [0.25, 0.3) is 0 Å². The van der Waals surface area contributed by atoms with Gasteiger partial charge in [0, 0.05) is 17.9 Å². The van der Waals surface area contributed by atoms with Gasteiger partial charge < -0.3 is 20.3 Å². The number of aliphatic hydroxyl groups excluding tert-OH is 2. The van der Waals surface area contributed by atoms with E-state index in [2.05, 4.69) is 17.4 Å². The van der Waals surface area contributed by atoms with Crippen molar-refractivity contribution < 1.29 is 14.9 Å². The molecule has 2 aliphatic carbocycles. The van der Waals surface area contributed by atoms with Gasteiger partial charge in [0.15, 0.2) is 6.29 Å². The van der Waals surface area contributed by atoms with E-state index in [-0.39, 0.29) is 23.5 Å². The molecule has 4 aliphatic rings. The van der Waals surface area contributed by atoms with Crippen molar-refractivity contribution >= 4 is 0 Å². The van der Waals surface area contributed by atoms with Crippen molar-refractivity contribution in [2.45, 2.75) is 69.1 Å². The molecule has 0 aromatic carbocycles. The van der Waals surface area contributed by atoms with Crippen LogP contribution >= 0.6 is 0 Å². The molecule has 0 aromatic heterocycles. The first-order chi connectivity index (χ1) is 9.92. The number of hydrogen-bond acceptors (Lipinski definition) is 6. The van der Waals surface area contributed by atoms with Gasteiger partial charge in [-0.3, -0.25) is 0 Å². The van der Waals surface area contributed by atoms with E-state index in [9.17, 15) is 15.1 Å². The second kappa shape index (κ2) is 4.04. The molecule has 2 unspecified atom stereocenters. The normalized spacial score (nSPS) is 62.2. The van der Waals surface area contributed by atoms with E-state index in [1.165, 1.54) is 0 Å². The van der Waals surface area contributed by atoms with Gasteiger partial charge in [0.1, 0.15) is 5.54 Å². The zero-order chi connectivity index (χ0) is 15.0. The summed E-state index contributed by atoms with van der Waals surface area (Å²) in [5.41, 5.74) is -1.87. The first-order valence-electron chi connectivity index (χ1n) is 8.03. The molecule has 4 fully saturated rings. The highest BCUT2D eigenvalue weighted by molar-refractivity contribution is 5.26. The molecule has 0 aromatic rings. The summed E-state index contributed by atoms with van der Waals surface area (Å²) in [6.07, 6.45) is 1.19. The quantitative estimate of drug-likeness (QED) is 0.490. The van der Waals surface area contributed by atoms with Crippen molar-refractivity contribution in [2.75, 3.05) is 6.54 Å².